The van der Waals surface area contributed by atoms with E-state index in [2.05, 4.69) is 5.32 Å². The third-order valence-electron chi connectivity index (χ3n) is 2.84. The average Bonchev–Trinajstić information content (AvgIpc) is 2.41. The van der Waals surface area contributed by atoms with Gasteiger partial charge in [-0.05, 0) is 36.4 Å². The van der Waals surface area contributed by atoms with E-state index in [1.807, 2.05) is 36.4 Å². The number of nitrogens with one attached hydrogen (secondary N) is 1. The quantitative estimate of drug-likeness (QED) is 0.893. The molecule has 0 aliphatic heterocycles. The fraction of sp³-hybridized carbons (Fsp3) is 0.200. The molecule has 0 heterocycles. The van der Waals surface area contributed by atoms with Crippen molar-refractivity contribution in [2.75, 3.05) is 14.2 Å². The summed E-state index contributed by atoms with van der Waals surface area (Å²) in [4.78, 5) is 0. The van der Waals surface area contributed by atoms with Crippen molar-refractivity contribution >= 4 is 0 Å². The number of benzene rings is 2. The molecule has 2 nitrogen and oxygen atoms in total. The molecule has 2 aromatic carbocycles. The third kappa shape index (κ3) is 2.68. The van der Waals surface area contributed by atoms with Crippen molar-refractivity contribution in [2.45, 2.75) is 6.54 Å². The molecule has 0 atom stereocenters. The molecule has 2 rings (SSSR count). The molecule has 0 aliphatic rings. The third-order valence-corrected chi connectivity index (χ3v) is 2.84. The van der Waals surface area contributed by atoms with E-state index in [1.54, 1.807) is 20.2 Å². The van der Waals surface area contributed by atoms with Crippen LogP contribution in [-0.2, 0) is 6.54 Å². The van der Waals surface area contributed by atoms with Crippen LogP contribution in [0.15, 0.2) is 42.5 Å². The minimum absolute atomic E-state index is 0.183. The summed E-state index contributed by atoms with van der Waals surface area (Å²) in [5, 5.41) is 2.94. The maximum absolute atomic E-state index is 13.8. The van der Waals surface area contributed by atoms with Crippen LogP contribution in [0.3, 0.4) is 0 Å². The minimum Gasteiger partial charge on any atom is -0.497 e. The molecule has 0 radical (unpaired) electrons. The predicted molar refractivity (Wildman–Crippen MR) is 71.2 cm³/mol. The highest BCUT2D eigenvalue weighted by atomic mass is 19.1. The molecule has 0 spiro atoms. The van der Waals surface area contributed by atoms with E-state index >= 15 is 0 Å². The van der Waals surface area contributed by atoms with Gasteiger partial charge in [-0.2, -0.15) is 0 Å². The Morgan fingerprint density at radius 2 is 1.72 bits per heavy atom. The van der Waals surface area contributed by atoms with Crippen molar-refractivity contribution < 1.29 is 9.13 Å². The van der Waals surface area contributed by atoms with Gasteiger partial charge in [0, 0.05) is 12.1 Å². The smallest absolute Gasteiger partial charge is 0.128 e. The van der Waals surface area contributed by atoms with Gasteiger partial charge >= 0.3 is 0 Å². The Labute approximate surface area is 106 Å². The van der Waals surface area contributed by atoms with Gasteiger partial charge in [-0.25, -0.2) is 4.39 Å². The van der Waals surface area contributed by atoms with Gasteiger partial charge in [0.15, 0.2) is 0 Å². The number of ether oxygens (including phenoxy) is 1. The molecule has 0 aliphatic carbocycles. The van der Waals surface area contributed by atoms with Crippen LogP contribution in [0.1, 0.15) is 5.56 Å². The summed E-state index contributed by atoms with van der Waals surface area (Å²) < 4.78 is 18.9. The first kappa shape index (κ1) is 12.6. The monoisotopic (exact) mass is 245 g/mol. The number of hydrogen-bond acceptors (Lipinski definition) is 2. The summed E-state index contributed by atoms with van der Waals surface area (Å²) in [5.74, 6) is 0.615. The number of rotatable bonds is 4. The summed E-state index contributed by atoms with van der Waals surface area (Å²) in [7, 11) is 3.43. The summed E-state index contributed by atoms with van der Waals surface area (Å²) in [6, 6.07) is 12.9. The van der Waals surface area contributed by atoms with E-state index in [0.717, 1.165) is 16.9 Å². The van der Waals surface area contributed by atoms with Crippen molar-refractivity contribution in [1.82, 2.24) is 5.32 Å². The summed E-state index contributed by atoms with van der Waals surface area (Å²) in [6.45, 7) is 0.536. The molecule has 0 unspecified atom stereocenters. The predicted octanol–water partition coefficient (Wildman–Crippen LogP) is 3.22. The largest absolute Gasteiger partial charge is 0.497 e. The zero-order valence-electron chi connectivity index (χ0n) is 10.5. The SMILES string of the molecule is CNCc1ccc(-c2ccc(OC)cc2)cc1F. The van der Waals surface area contributed by atoms with E-state index in [9.17, 15) is 4.39 Å². The molecule has 0 aromatic heterocycles. The molecule has 18 heavy (non-hydrogen) atoms. The molecule has 0 bridgehead atoms. The second-order valence-corrected chi connectivity index (χ2v) is 4.07. The second kappa shape index (κ2) is 5.65. The van der Waals surface area contributed by atoms with Crippen LogP contribution in [0.25, 0.3) is 11.1 Å². The molecule has 3 heteroatoms. The summed E-state index contributed by atoms with van der Waals surface area (Å²) >= 11 is 0. The highest BCUT2D eigenvalue weighted by molar-refractivity contribution is 5.64. The standard InChI is InChI=1S/C15H16FNO/c1-17-10-13-4-3-12(9-15(13)16)11-5-7-14(18-2)8-6-11/h3-9,17H,10H2,1-2H3. The highest BCUT2D eigenvalue weighted by Gasteiger charge is 2.04. The first-order chi connectivity index (χ1) is 8.74. The van der Waals surface area contributed by atoms with Crippen LogP contribution >= 0.6 is 0 Å². The van der Waals surface area contributed by atoms with Gasteiger partial charge in [-0.1, -0.05) is 24.3 Å². The van der Waals surface area contributed by atoms with Crippen LogP contribution in [0.5, 0.6) is 5.75 Å². The van der Waals surface area contributed by atoms with Gasteiger partial charge in [0.25, 0.3) is 0 Å². The van der Waals surface area contributed by atoms with Gasteiger partial charge < -0.3 is 10.1 Å². The van der Waals surface area contributed by atoms with Gasteiger partial charge in [-0.15, -0.1) is 0 Å². The molecular formula is C15H16FNO. The molecule has 2 aromatic rings. The maximum Gasteiger partial charge on any atom is 0.128 e. The lowest BCUT2D eigenvalue weighted by atomic mass is 10.0. The Morgan fingerprint density at radius 1 is 1.06 bits per heavy atom. The Morgan fingerprint density at radius 3 is 2.28 bits per heavy atom. The molecule has 0 saturated heterocycles. The van der Waals surface area contributed by atoms with Crippen LogP contribution in [0.2, 0.25) is 0 Å². The fourth-order valence-electron chi connectivity index (χ4n) is 1.84. The Balaban J connectivity index is 2.30. The highest BCUT2D eigenvalue weighted by Crippen LogP contribution is 2.24. The number of hydrogen-bond donors (Lipinski definition) is 1. The van der Waals surface area contributed by atoms with Crippen molar-refractivity contribution in [1.29, 1.82) is 0 Å². The first-order valence-corrected chi connectivity index (χ1v) is 5.82. The second-order valence-electron chi connectivity index (χ2n) is 4.07. The molecular weight excluding hydrogens is 229 g/mol. The van der Waals surface area contributed by atoms with Crippen molar-refractivity contribution in [3.63, 3.8) is 0 Å². The lowest BCUT2D eigenvalue weighted by molar-refractivity contribution is 0.415. The van der Waals surface area contributed by atoms with Gasteiger partial charge in [0.2, 0.25) is 0 Å². The van der Waals surface area contributed by atoms with Gasteiger partial charge in [0.05, 0.1) is 7.11 Å². The van der Waals surface area contributed by atoms with Crippen LogP contribution in [0.4, 0.5) is 4.39 Å². The van der Waals surface area contributed by atoms with E-state index in [1.165, 1.54) is 0 Å². The Hall–Kier alpha value is -1.87. The van der Waals surface area contributed by atoms with Crippen LogP contribution < -0.4 is 10.1 Å². The molecule has 0 saturated carbocycles. The normalized spacial score (nSPS) is 10.4. The summed E-state index contributed by atoms with van der Waals surface area (Å²) in [6.07, 6.45) is 0. The molecule has 1 N–H and O–H groups in total. The zero-order valence-corrected chi connectivity index (χ0v) is 10.5. The lowest BCUT2D eigenvalue weighted by Gasteiger charge is -2.07. The Kier molecular flexibility index (Phi) is 3.95. The number of methoxy groups -OCH3 is 1. The average molecular weight is 245 g/mol. The molecule has 94 valence electrons. The van der Waals surface area contributed by atoms with E-state index in [-0.39, 0.29) is 5.82 Å². The molecule has 0 amide bonds. The maximum atomic E-state index is 13.8. The van der Waals surface area contributed by atoms with E-state index < -0.39 is 0 Å². The minimum atomic E-state index is -0.183. The van der Waals surface area contributed by atoms with E-state index in [4.69, 9.17) is 4.74 Å². The zero-order chi connectivity index (χ0) is 13.0. The lowest BCUT2D eigenvalue weighted by Crippen LogP contribution is -2.06. The topological polar surface area (TPSA) is 21.3 Å². The van der Waals surface area contributed by atoms with Gasteiger partial charge in [0.1, 0.15) is 11.6 Å². The van der Waals surface area contributed by atoms with Crippen molar-refractivity contribution in [2.24, 2.45) is 0 Å². The fourth-order valence-corrected chi connectivity index (χ4v) is 1.84. The van der Waals surface area contributed by atoms with E-state index in [0.29, 0.717) is 12.1 Å². The van der Waals surface area contributed by atoms with Crippen LogP contribution in [0, 0.1) is 5.82 Å². The molecule has 0 fully saturated rings. The van der Waals surface area contributed by atoms with Crippen molar-refractivity contribution in [3.8, 4) is 16.9 Å². The number of halogens is 1. The first-order valence-electron chi connectivity index (χ1n) is 5.82. The van der Waals surface area contributed by atoms with Crippen molar-refractivity contribution in [3.05, 3.63) is 53.8 Å². The van der Waals surface area contributed by atoms with Gasteiger partial charge in [-0.3, -0.25) is 0 Å². The van der Waals surface area contributed by atoms with Crippen LogP contribution in [-0.4, -0.2) is 14.2 Å². The Bertz CT molecular complexity index is 523. The summed E-state index contributed by atoms with van der Waals surface area (Å²) in [5.41, 5.74) is 2.52.